The first-order valence-corrected chi connectivity index (χ1v) is 5.01. The number of amides is 1. The Balaban J connectivity index is 3.00. The number of carbonyl (C=O) groups excluding carboxylic acids is 1. The summed E-state index contributed by atoms with van der Waals surface area (Å²) in [6.07, 6.45) is 1.47. The number of aliphatic carboxylic acids is 1. The number of hydrogen-bond donors (Lipinski definition) is 1. The predicted octanol–water partition coefficient (Wildman–Crippen LogP) is -0.0696. The molecule has 0 aromatic carbocycles. The summed E-state index contributed by atoms with van der Waals surface area (Å²) in [6, 6.07) is 1.73. The van der Waals surface area contributed by atoms with Crippen molar-refractivity contribution in [2.24, 2.45) is 7.05 Å². The van der Waals surface area contributed by atoms with Gasteiger partial charge in [-0.2, -0.15) is 0 Å². The number of pyridine rings is 1. The Labute approximate surface area is 98.1 Å². The van der Waals surface area contributed by atoms with E-state index in [0.717, 1.165) is 4.90 Å². The number of nitrogens with zero attached hydrogens (tertiary/aromatic N) is 2. The predicted molar refractivity (Wildman–Crippen MR) is 60.9 cm³/mol. The van der Waals surface area contributed by atoms with E-state index in [1.54, 1.807) is 7.05 Å². The molecule has 0 saturated heterocycles. The molecular weight excluding hydrogens is 224 g/mol. The lowest BCUT2D eigenvalue weighted by Crippen LogP contribution is -2.40. The van der Waals surface area contributed by atoms with E-state index in [2.05, 4.69) is 0 Å². The fraction of sp³-hybridized carbons (Fsp3) is 0.364. The molecule has 0 radical (unpaired) electrons. The summed E-state index contributed by atoms with van der Waals surface area (Å²) in [5, 5.41) is 8.79. The van der Waals surface area contributed by atoms with Gasteiger partial charge in [-0.3, -0.25) is 9.59 Å². The average Bonchev–Trinajstić information content (AvgIpc) is 2.29. The highest BCUT2D eigenvalue weighted by atomic mass is 16.4. The van der Waals surface area contributed by atoms with Gasteiger partial charge < -0.3 is 14.6 Å². The second-order valence-corrected chi connectivity index (χ2v) is 3.79. The van der Waals surface area contributed by atoms with Crippen LogP contribution in [0.5, 0.6) is 0 Å². The van der Waals surface area contributed by atoms with Gasteiger partial charge in [-0.25, -0.2) is 4.79 Å². The van der Waals surface area contributed by atoms with Crippen molar-refractivity contribution >= 4 is 11.9 Å². The second kappa shape index (κ2) is 4.82. The van der Waals surface area contributed by atoms with Crippen LogP contribution < -0.4 is 5.56 Å². The molecule has 1 aromatic rings. The van der Waals surface area contributed by atoms with Crippen molar-refractivity contribution < 1.29 is 14.7 Å². The maximum Gasteiger partial charge on any atom is 0.326 e. The van der Waals surface area contributed by atoms with Gasteiger partial charge in [0.2, 0.25) is 0 Å². The first-order valence-electron chi connectivity index (χ1n) is 5.01. The lowest BCUT2D eigenvalue weighted by molar-refractivity contribution is -0.141. The summed E-state index contributed by atoms with van der Waals surface area (Å²) in [5.74, 6) is -1.58. The molecule has 1 rings (SSSR count). The van der Waals surface area contributed by atoms with Gasteiger partial charge in [0, 0.05) is 31.9 Å². The largest absolute Gasteiger partial charge is 0.480 e. The van der Waals surface area contributed by atoms with Crippen molar-refractivity contribution in [3.05, 3.63) is 34.2 Å². The Bertz CT molecular complexity index is 506. The van der Waals surface area contributed by atoms with E-state index in [1.165, 1.54) is 36.9 Å². The summed E-state index contributed by atoms with van der Waals surface area (Å²) in [4.78, 5) is 35.0. The zero-order valence-corrected chi connectivity index (χ0v) is 9.88. The number of hydrogen-bond acceptors (Lipinski definition) is 3. The van der Waals surface area contributed by atoms with Crippen molar-refractivity contribution in [2.75, 3.05) is 7.05 Å². The molecule has 1 heterocycles. The summed E-state index contributed by atoms with van der Waals surface area (Å²) in [5.41, 5.74) is -0.129. The number of aryl methyl sites for hydroxylation is 1. The van der Waals surface area contributed by atoms with E-state index < -0.39 is 17.9 Å². The summed E-state index contributed by atoms with van der Waals surface area (Å²) in [6.45, 7) is 1.40. The van der Waals surface area contributed by atoms with Crippen LogP contribution in [0.3, 0.4) is 0 Å². The number of carbonyl (C=O) groups is 2. The molecule has 0 fully saturated rings. The van der Waals surface area contributed by atoms with Gasteiger partial charge >= 0.3 is 5.97 Å². The Kier molecular flexibility index (Phi) is 3.67. The molecular formula is C11H14N2O4. The molecule has 0 bridgehead atoms. The van der Waals surface area contributed by atoms with Crippen LogP contribution in [0.1, 0.15) is 17.3 Å². The number of likely N-dealkylation sites (N-methyl/N-ethyl adjacent to an activating group) is 1. The highest BCUT2D eigenvalue weighted by molar-refractivity contribution is 5.96. The Hall–Kier alpha value is -2.11. The average molecular weight is 238 g/mol. The first kappa shape index (κ1) is 13.0. The van der Waals surface area contributed by atoms with E-state index >= 15 is 0 Å². The van der Waals surface area contributed by atoms with E-state index in [-0.39, 0.29) is 11.1 Å². The topological polar surface area (TPSA) is 79.6 Å². The van der Waals surface area contributed by atoms with Crippen LogP contribution in [0.25, 0.3) is 0 Å². The number of carboxylic acids is 1. The van der Waals surface area contributed by atoms with E-state index in [9.17, 15) is 14.4 Å². The molecule has 0 aliphatic rings. The molecule has 0 saturated carbocycles. The highest BCUT2D eigenvalue weighted by Gasteiger charge is 2.22. The maximum absolute atomic E-state index is 11.9. The highest BCUT2D eigenvalue weighted by Crippen LogP contribution is 2.04. The third-order valence-electron chi connectivity index (χ3n) is 2.61. The van der Waals surface area contributed by atoms with Gasteiger partial charge in [0.1, 0.15) is 6.04 Å². The van der Waals surface area contributed by atoms with Crippen LogP contribution in [0, 0.1) is 0 Å². The zero-order valence-electron chi connectivity index (χ0n) is 9.88. The van der Waals surface area contributed by atoms with E-state index in [1.807, 2.05) is 0 Å². The number of aromatic nitrogens is 1. The quantitative estimate of drug-likeness (QED) is 0.799. The first-order chi connectivity index (χ1) is 7.84. The molecule has 1 unspecified atom stereocenters. The monoisotopic (exact) mass is 238 g/mol. The molecule has 1 N–H and O–H groups in total. The molecule has 0 spiro atoms. The lowest BCUT2D eigenvalue weighted by Gasteiger charge is -2.21. The van der Waals surface area contributed by atoms with Gasteiger partial charge in [0.05, 0.1) is 0 Å². The summed E-state index contributed by atoms with van der Waals surface area (Å²) >= 11 is 0. The third kappa shape index (κ3) is 2.72. The Morgan fingerprint density at radius 2 is 2.06 bits per heavy atom. The molecule has 6 heteroatoms. The number of rotatable bonds is 3. The fourth-order valence-electron chi connectivity index (χ4n) is 1.23. The maximum atomic E-state index is 11.9. The van der Waals surface area contributed by atoms with Crippen LogP contribution in [0.15, 0.2) is 23.1 Å². The standard InChI is InChI=1S/C11H14N2O4/c1-7(11(16)17)13(3)10(15)8-4-5-12(2)9(14)6-8/h4-7H,1-3H3,(H,16,17). The molecule has 1 atom stereocenters. The molecule has 1 amide bonds. The van der Waals surface area contributed by atoms with Crippen molar-refractivity contribution in [3.8, 4) is 0 Å². The van der Waals surface area contributed by atoms with Gasteiger partial charge in [-0.05, 0) is 13.0 Å². The van der Waals surface area contributed by atoms with Crippen molar-refractivity contribution in [3.63, 3.8) is 0 Å². The van der Waals surface area contributed by atoms with Crippen LogP contribution >= 0.6 is 0 Å². The van der Waals surface area contributed by atoms with Crippen molar-refractivity contribution in [1.82, 2.24) is 9.47 Å². The van der Waals surface area contributed by atoms with Crippen LogP contribution in [-0.2, 0) is 11.8 Å². The lowest BCUT2D eigenvalue weighted by atomic mass is 10.2. The van der Waals surface area contributed by atoms with Gasteiger partial charge in [-0.15, -0.1) is 0 Å². The van der Waals surface area contributed by atoms with Crippen LogP contribution in [0.2, 0.25) is 0 Å². The van der Waals surface area contributed by atoms with E-state index in [4.69, 9.17) is 5.11 Å². The minimum Gasteiger partial charge on any atom is -0.480 e. The fourth-order valence-corrected chi connectivity index (χ4v) is 1.23. The van der Waals surface area contributed by atoms with E-state index in [0.29, 0.717) is 0 Å². The minimum atomic E-state index is -1.09. The van der Waals surface area contributed by atoms with Gasteiger partial charge in [0.15, 0.2) is 0 Å². The second-order valence-electron chi connectivity index (χ2n) is 3.79. The molecule has 0 aliphatic carbocycles. The van der Waals surface area contributed by atoms with Gasteiger partial charge in [-0.1, -0.05) is 0 Å². The molecule has 1 aromatic heterocycles. The van der Waals surface area contributed by atoms with Crippen molar-refractivity contribution in [1.29, 1.82) is 0 Å². The van der Waals surface area contributed by atoms with Crippen LogP contribution in [-0.4, -0.2) is 39.5 Å². The molecule has 6 nitrogen and oxygen atoms in total. The minimum absolute atomic E-state index is 0.184. The third-order valence-corrected chi connectivity index (χ3v) is 2.61. The Morgan fingerprint density at radius 3 is 2.53 bits per heavy atom. The molecule has 0 aliphatic heterocycles. The smallest absolute Gasteiger partial charge is 0.326 e. The summed E-state index contributed by atoms with van der Waals surface area (Å²) < 4.78 is 1.33. The SMILES string of the molecule is CC(C(=O)O)N(C)C(=O)c1ccn(C)c(=O)c1. The normalized spacial score (nSPS) is 11.9. The molecule has 92 valence electrons. The number of carboxylic acid groups (broad SMARTS) is 1. The Morgan fingerprint density at radius 1 is 1.47 bits per heavy atom. The van der Waals surface area contributed by atoms with Crippen molar-refractivity contribution in [2.45, 2.75) is 13.0 Å². The zero-order chi connectivity index (χ0) is 13.2. The molecule has 17 heavy (non-hydrogen) atoms. The van der Waals surface area contributed by atoms with Gasteiger partial charge in [0.25, 0.3) is 11.5 Å². The summed E-state index contributed by atoms with van der Waals surface area (Å²) in [7, 11) is 2.96. The van der Waals surface area contributed by atoms with Crippen LogP contribution in [0.4, 0.5) is 0 Å².